The Hall–Kier alpha value is -3.97. The molecule has 0 spiro atoms. The SMILES string of the molecule is CC(=O)c1ccc(NC(=S)Nc2cccc(SCC(=O)Nc3scc(-c4ccccc4)c3C#N)c2)cc1. The molecule has 1 aromatic heterocycles. The molecular formula is C28H22N4O2S3. The third-order valence-electron chi connectivity index (χ3n) is 5.25. The Balaban J connectivity index is 1.32. The molecule has 0 aliphatic carbocycles. The van der Waals surface area contributed by atoms with Crippen LogP contribution in [0.1, 0.15) is 22.8 Å². The first-order valence-electron chi connectivity index (χ1n) is 11.2. The van der Waals surface area contributed by atoms with Crippen molar-refractivity contribution in [2.24, 2.45) is 0 Å². The maximum absolute atomic E-state index is 12.6. The van der Waals surface area contributed by atoms with Crippen LogP contribution in [-0.2, 0) is 4.79 Å². The van der Waals surface area contributed by atoms with Gasteiger partial charge >= 0.3 is 0 Å². The van der Waals surface area contributed by atoms with Gasteiger partial charge in [-0.2, -0.15) is 5.26 Å². The van der Waals surface area contributed by atoms with E-state index in [1.807, 2.05) is 60.0 Å². The molecule has 4 rings (SSSR count). The van der Waals surface area contributed by atoms with Crippen LogP contribution in [0.3, 0.4) is 0 Å². The van der Waals surface area contributed by atoms with E-state index in [-0.39, 0.29) is 17.4 Å². The van der Waals surface area contributed by atoms with E-state index in [2.05, 4.69) is 22.0 Å². The minimum absolute atomic E-state index is 0.00748. The van der Waals surface area contributed by atoms with E-state index >= 15 is 0 Å². The average Bonchev–Trinajstić information content (AvgIpc) is 3.30. The van der Waals surface area contributed by atoms with Gasteiger partial charge in [0.25, 0.3) is 0 Å². The molecule has 0 saturated heterocycles. The van der Waals surface area contributed by atoms with E-state index in [9.17, 15) is 14.9 Å². The number of carbonyl (C=O) groups is 2. The highest BCUT2D eigenvalue weighted by Crippen LogP contribution is 2.35. The van der Waals surface area contributed by atoms with E-state index in [4.69, 9.17) is 12.2 Å². The molecule has 0 aliphatic heterocycles. The van der Waals surface area contributed by atoms with Crippen molar-refractivity contribution in [3.8, 4) is 17.2 Å². The lowest BCUT2D eigenvalue weighted by Crippen LogP contribution is -2.19. The molecule has 3 aromatic carbocycles. The molecule has 37 heavy (non-hydrogen) atoms. The molecule has 0 fully saturated rings. The zero-order valence-electron chi connectivity index (χ0n) is 19.8. The number of thiophene rings is 1. The second-order valence-corrected chi connectivity index (χ2v) is 10.2. The molecule has 1 heterocycles. The minimum Gasteiger partial charge on any atom is -0.332 e. The molecule has 3 N–H and O–H groups in total. The number of thioether (sulfide) groups is 1. The van der Waals surface area contributed by atoms with Crippen molar-refractivity contribution >= 4 is 68.5 Å². The molecule has 4 aromatic rings. The molecule has 9 heteroatoms. The summed E-state index contributed by atoms with van der Waals surface area (Å²) < 4.78 is 0. The number of nitriles is 1. The van der Waals surface area contributed by atoms with Crippen molar-refractivity contribution in [1.82, 2.24) is 0 Å². The number of hydrogen-bond donors (Lipinski definition) is 3. The Bertz CT molecular complexity index is 1480. The molecule has 0 atom stereocenters. The molecule has 0 radical (unpaired) electrons. The third kappa shape index (κ3) is 7.05. The number of anilines is 3. The number of benzene rings is 3. The lowest BCUT2D eigenvalue weighted by molar-refractivity contribution is -0.113. The van der Waals surface area contributed by atoms with Gasteiger partial charge in [-0.05, 0) is 67.2 Å². The van der Waals surface area contributed by atoms with Crippen LogP contribution in [0.4, 0.5) is 16.4 Å². The van der Waals surface area contributed by atoms with Crippen LogP contribution in [0.2, 0.25) is 0 Å². The van der Waals surface area contributed by atoms with E-state index < -0.39 is 0 Å². The Morgan fingerprint density at radius 2 is 1.68 bits per heavy atom. The van der Waals surface area contributed by atoms with E-state index in [0.717, 1.165) is 27.4 Å². The summed E-state index contributed by atoms with van der Waals surface area (Å²) in [5, 5.41) is 21.6. The minimum atomic E-state index is -0.187. The van der Waals surface area contributed by atoms with Gasteiger partial charge in [0.05, 0.1) is 11.3 Å². The number of nitrogens with one attached hydrogen (secondary N) is 3. The van der Waals surface area contributed by atoms with Gasteiger partial charge in [-0.15, -0.1) is 23.1 Å². The molecule has 0 saturated carbocycles. The van der Waals surface area contributed by atoms with Crippen LogP contribution >= 0.6 is 35.3 Å². The van der Waals surface area contributed by atoms with Gasteiger partial charge in [0.1, 0.15) is 11.1 Å². The van der Waals surface area contributed by atoms with Crippen molar-refractivity contribution in [2.75, 3.05) is 21.7 Å². The summed E-state index contributed by atoms with van der Waals surface area (Å²) in [6.07, 6.45) is 0. The molecule has 6 nitrogen and oxygen atoms in total. The zero-order valence-corrected chi connectivity index (χ0v) is 22.2. The van der Waals surface area contributed by atoms with Crippen molar-refractivity contribution in [2.45, 2.75) is 11.8 Å². The summed E-state index contributed by atoms with van der Waals surface area (Å²) in [4.78, 5) is 24.9. The summed E-state index contributed by atoms with van der Waals surface area (Å²) in [6, 6.07) is 26.5. The standard InChI is InChI=1S/C28H22N4O2S3/c1-18(33)19-10-12-21(13-11-19)30-28(35)31-22-8-5-9-23(14-22)36-17-26(34)32-27-24(15-29)25(16-37-27)20-6-3-2-4-7-20/h2-14,16H,17H2,1H3,(H,32,34)(H2,30,31,35). The van der Waals surface area contributed by atoms with Crippen LogP contribution in [0.15, 0.2) is 89.1 Å². The van der Waals surface area contributed by atoms with Gasteiger partial charge in [-0.25, -0.2) is 0 Å². The summed E-state index contributed by atoms with van der Waals surface area (Å²) in [5.74, 6) is 0.0125. The molecule has 1 amide bonds. The maximum Gasteiger partial charge on any atom is 0.235 e. The fourth-order valence-corrected chi connectivity index (χ4v) is 5.37. The average molecular weight is 543 g/mol. The summed E-state index contributed by atoms with van der Waals surface area (Å²) in [7, 11) is 0. The first-order chi connectivity index (χ1) is 17.9. The van der Waals surface area contributed by atoms with E-state index in [0.29, 0.717) is 21.2 Å². The van der Waals surface area contributed by atoms with Crippen molar-refractivity contribution in [1.29, 1.82) is 5.26 Å². The van der Waals surface area contributed by atoms with E-state index in [1.165, 1.54) is 30.0 Å². The van der Waals surface area contributed by atoms with Crippen molar-refractivity contribution in [3.63, 3.8) is 0 Å². The van der Waals surface area contributed by atoms with Gasteiger partial charge < -0.3 is 16.0 Å². The highest BCUT2D eigenvalue weighted by molar-refractivity contribution is 8.00. The van der Waals surface area contributed by atoms with Gasteiger partial charge in [0.15, 0.2) is 10.9 Å². The zero-order chi connectivity index (χ0) is 26.2. The summed E-state index contributed by atoms with van der Waals surface area (Å²) in [6.45, 7) is 1.52. The quantitative estimate of drug-likeness (QED) is 0.125. The topological polar surface area (TPSA) is 94.0 Å². The molecule has 0 aliphatic rings. The van der Waals surface area contributed by atoms with Crippen molar-refractivity contribution < 1.29 is 9.59 Å². The molecular weight excluding hydrogens is 521 g/mol. The smallest absolute Gasteiger partial charge is 0.235 e. The number of amides is 1. The first kappa shape index (κ1) is 26.1. The number of hydrogen-bond acceptors (Lipinski definition) is 6. The Kier molecular flexibility index (Phi) is 8.69. The predicted molar refractivity (Wildman–Crippen MR) is 157 cm³/mol. The number of ketones is 1. The van der Waals surface area contributed by atoms with Gasteiger partial charge in [0.2, 0.25) is 5.91 Å². The maximum atomic E-state index is 12.6. The highest BCUT2D eigenvalue weighted by atomic mass is 32.2. The van der Waals surface area contributed by atoms with Gasteiger partial charge in [-0.3, -0.25) is 9.59 Å². The lowest BCUT2D eigenvalue weighted by atomic mass is 10.1. The molecule has 0 unspecified atom stereocenters. The predicted octanol–water partition coefficient (Wildman–Crippen LogP) is 7.03. The Morgan fingerprint density at radius 1 is 0.946 bits per heavy atom. The largest absolute Gasteiger partial charge is 0.332 e. The number of thiocarbonyl (C=S) groups is 1. The number of nitrogens with zero attached hydrogens (tertiary/aromatic N) is 1. The number of rotatable bonds is 8. The third-order valence-corrected chi connectivity index (χ3v) is 7.35. The Morgan fingerprint density at radius 3 is 2.38 bits per heavy atom. The van der Waals surface area contributed by atoms with Crippen LogP contribution in [0.25, 0.3) is 11.1 Å². The molecule has 184 valence electrons. The summed E-state index contributed by atoms with van der Waals surface area (Å²) >= 11 is 8.13. The first-order valence-corrected chi connectivity index (χ1v) is 13.5. The van der Waals surface area contributed by atoms with Crippen LogP contribution in [0, 0.1) is 11.3 Å². The Labute approximate surface area is 228 Å². The van der Waals surface area contributed by atoms with Crippen LogP contribution < -0.4 is 16.0 Å². The summed E-state index contributed by atoms with van der Waals surface area (Å²) in [5.41, 5.74) is 4.41. The number of carbonyl (C=O) groups excluding carboxylic acids is 2. The normalized spacial score (nSPS) is 10.3. The van der Waals surface area contributed by atoms with Gasteiger partial charge in [-0.1, -0.05) is 36.4 Å². The van der Waals surface area contributed by atoms with E-state index in [1.54, 1.807) is 24.3 Å². The monoisotopic (exact) mass is 542 g/mol. The van der Waals surface area contributed by atoms with Gasteiger partial charge in [0, 0.05) is 32.8 Å². The lowest BCUT2D eigenvalue weighted by Gasteiger charge is -2.12. The molecule has 0 bridgehead atoms. The fraction of sp³-hybridized carbons (Fsp3) is 0.0714. The second kappa shape index (κ2) is 12.3. The fourth-order valence-electron chi connectivity index (χ4n) is 3.45. The van der Waals surface area contributed by atoms with Crippen LogP contribution in [0.5, 0.6) is 0 Å². The highest BCUT2D eigenvalue weighted by Gasteiger charge is 2.15. The van der Waals surface area contributed by atoms with Crippen molar-refractivity contribution in [3.05, 3.63) is 95.4 Å². The van der Waals surface area contributed by atoms with Crippen LogP contribution in [-0.4, -0.2) is 22.6 Å². The number of Topliss-reactive ketones (excluding diaryl/α,β-unsaturated/α-hetero) is 1. The second-order valence-electron chi connectivity index (χ2n) is 7.91.